The molecule has 0 aliphatic carbocycles. The Bertz CT molecular complexity index is 514. The highest BCUT2D eigenvalue weighted by atomic mass is 16.5. The molecule has 2 aromatic carbocycles. The van der Waals surface area contributed by atoms with E-state index < -0.39 is 0 Å². The van der Waals surface area contributed by atoms with Crippen LogP contribution in [0.4, 0.5) is 0 Å². The van der Waals surface area contributed by atoms with Gasteiger partial charge in [-0.1, -0.05) is 24.3 Å². The summed E-state index contributed by atoms with van der Waals surface area (Å²) in [4.78, 5) is 0. The Morgan fingerprint density at radius 2 is 1.67 bits per heavy atom. The molecule has 18 heavy (non-hydrogen) atoms. The lowest BCUT2D eigenvalue weighted by molar-refractivity contribution is 0.473. The van der Waals surface area contributed by atoms with E-state index in [4.69, 9.17) is 4.74 Å². The Balaban J connectivity index is 2.27. The largest absolute Gasteiger partial charge is 0.457 e. The molecular weight excluding hydrogens is 222 g/mol. The van der Waals surface area contributed by atoms with Gasteiger partial charge in [-0.05, 0) is 50.2 Å². The van der Waals surface area contributed by atoms with E-state index in [1.165, 1.54) is 16.7 Å². The van der Waals surface area contributed by atoms with Crippen LogP contribution in [0.25, 0.3) is 0 Å². The molecule has 1 N–H and O–H groups in total. The summed E-state index contributed by atoms with van der Waals surface area (Å²) in [5.74, 6) is 1.81. The highest BCUT2D eigenvalue weighted by Crippen LogP contribution is 2.26. The van der Waals surface area contributed by atoms with E-state index >= 15 is 0 Å². The van der Waals surface area contributed by atoms with Crippen molar-refractivity contribution in [3.05, 3.63) is 59.2 Å². The maximum atomic E-state index is 5.98. The summed E-state index contributed by atoms with van der Waals surface area (Å²) in [6.45, 7) is 4.97. The minimum Gasteiger partial charge on any atom is -0.457 e. The van der Waals surface area contributed by atoms with Gasteiger partial charge >= 0.3 is 0 Å². The van der Waals surface area contributed by atoms with Gasteiger partial charge in [-0.15, -0.1) is 0 Å². The molecule has 2 rings (SSSR count). The van der Waals surface area contributed by atoms with Crippen molar-refractivity contribution in [1.82, 2.24) is 5.32 Å². The second kappa shape index (κ2) is 5.69. The summed E-state index contributed by atoms with van der Waals surface area (Å²) in [6.07, 6.45) is 0. The number of para-hydroxylation sites is 1. The average molecular weight is 241 g/mol. The normalized spacial score (nSPS) is 10.4. The molecule has 0 fully saturated rings. The molecule has 0 saturated carbocycles. The van der Waals surface area contributed by atoms with Crippen molar-refractivity contribution in [3.8, 4) is 11.5 Å². The van der Waals surface area contributed by atoms with E-state index in [1.807, 2.05) is 25.2 Å². The first-order chi connectivity index (χ1) is 8.69. The summed E-state index contributed by atoms with van der Waals surface area (Å²) in [7, 11) is 1.94. The third kappa shape index (κ3) is 3.11. The van der Waals surface area contributed by atoms with Crippen molar-refractivity contribution in [3.63, 3.8) is 0 Å². The van der Waals surface area contributed by atoms with Gasteiger partial charge in [0.1, 0.15) is 11.5 Å². The first kappa shape index (κ1) is 12.7. The van der Waals surface area contributed by atoms with Crippen LogP contribution in [0.2, 0.25) is 0 Å². The summed E-state index contributed by atoms with van der Waals surface area (Å²) in [5.41, 5.74) is 3.60. The molecule has 0 atom stereocenters. The molecule has 0 aliphatic heterocycles. The number of aryl methyl sites for hydroxylation is 2. The molecule has 2 heteroatoms. The van der Waals surface area contributed by atoms with Gasteiger partial charge < -0.3 is 10.1 Å². The molecule has 0 spiro atoms. The molecule has 2 aromatic rings. The quantitative estimate of drug-likeness (QED) is 0.878. The third-order valence-electron chi connectivity index (χ3n) is 2.76. The van der Waals surface area contributed by atoms with E-state index in [2.05, 4.69) is 43.4 Å². The maximum Gasteiger partial charge on any atom is 0.131 e. The molecule has 0 aromatic heterocycles. The molecule has 0 radical (unpaired) electrons. The highest BCUT2D eigenvalue weighted by Gasteiger charge is 2.04. The lowest BCUT2D eigenvalue weighted by Crippen LogP contribution is -2.06. The van der Waals surface area contributed by atoms with Crippen LogP contribution in [0.1, 0.15) is 16.7 Å². The number of nitrogens with one attached hydrogen (secondary N) is 1. The third-order valence-corrected chi connectivity index (χ3v) is 2.76. The van der Waals surface area contributed by atoms with Gasteiger partial charge in [0.25, 0.3) is 0 Å². The lowest BCUT2D eigenvalue weighted by Gasteiger charge is -2.12. The predicted octanol–water partition coefficient (Wildman–Crippen LogP) is 3.82. The van der Waals surface area contributed by atoms with Crippen LogP contribution in [0, 0.1) is 13.8 Å². The van der Waals surface area contributed by atoms with Crippen molar-refractivity contribution in [2.24, 2.45) is 0 Å². The van der Waals surface area contributed by atoms with Crippen LogP contribution >= 0.6 is 0 Å². The molecule has 0 unspecified atom stereocenters. The van der Waals surface area contributed by atoms with E-state index in [-0.39, 0.29) is 0 Å². The lowest BCUT2D eigenvalue weighted by atomic mass is 10.1. The van der Waals surface area contributed by atoms with Gasteiger partial charge in [0, 0.05) is 12.1 Å². The summed E-state index contributed by atoms with van der Waals surface area (Å²) in [6, 6.07) is 14.4. The molecule has 0 aliphatic rings. The number of hydrogen-bond acceptors (Lipinski definition) is 2. The van der Waals surface area contributed by atoms with Gasteiger partial charge in [0.15, 0.2) is 0 Å². The summed E-state index contributed by atoms with van der Waals surface area (Å²) in [5, 5.41) is 3.15. The van der Waals surface area contributed by atoms with Gasteiger partial charge in [-0.2, -0.15) is 0 Å². The van der Waals surface area contributed by atoms with E-state index in [0.717, 1.165) is 18.0 Å². The van der Waals surface area contributed by atoms with Gasteiger partial charge in [-0.25, -0.2) is 0 Å². The summed E-state index contributed by atoms with van der Waals surface area (Å²) >= 11 is 0. The zero-order valence-corrected chi connectivity index (χ0v) is 11.2. The van der Waals surface area contributed by atoms with Crippen molar-refractivity contribution in [1.29, 1.82) is 0 Å². The Morgan fingerprint density at radius 3 is 2.33 bits per heavy atom. The molecule has 0 heterocycles. The Kier molecular flexibility index (Phi) is 4.00. The second-order valence-electron chi connectivity index (χ2n) is 4.56. The summed E-state index contributed by atoms with van der Waals surface area (Å²) < 4.78 is 5.98. The SMILES string of the molecule is CNCc1ccccc1Oc1cc(C)cc(C)c1. The van der Waals surface area contributed by atoms with Gasteiger partial charge in [0.2, 0.25) is 0 Å². The predicted molar refractivity (Wildman–Crippen MR) is 75.2 cm³/mol. The van der Waals surface area contributed by atoms with Crippen LogP contribution in [0.15, 0.2) is 42.5 Å². The number of ether oxygens (including phenoxy) is 1. The topological polar surface area (TPSA) is 21.3 Å². The average Bonchev–Trinajstić information content (AvgIpc) is 2.30. The minimum absolute atomic E-state index is 0.807. The number of rotatable bonds is 4. The second-order valence-corrected chi connectivity index (χ2v) is 4.56. The molecule has 2 nitrogen and oxygen atoms in total. The Hall–Kier alpha value is -1.80. The standard InChI is InChI=1S/C16H19NO/c1-12-8-13(2)10-15(9-12)18-16-7-5-4-6-14(16)11-17-3/h4-10,17H,11H2,1-3H3. The van der Waals surface area contributed by atoms with Crippen LogP contribution in [0.5, 0.6) is 11.5 Å². The first-order valence-electron chi connectivity index (χ1n) is 6.17. The fourth-order valence-corrected chi connectivity index (χ4v) is 2.06. The van der Waals surface area contributed by atoms with Gasteiger partial charge in [-0.3, -0.25) is 0 Å². The number of benzene rings is 2. The minimum atomic E-state index is 0.807. The van der Waals surface area contributed by atoms with Crippen LogP contribution in [0.3, 0.4) is 0 Å². The van der Waals surface area contributed by atoms with E-state index in [9.17, 15) is 0 Å². The van der Waals surface area contributed by atoms with E-state index in [1.54, 1.807) is 0 Å². The Labute approximate surface area is 109 Å². The van der Waals surface area contributed by atoms with E-state index in [0.29, 0.717) is 0 Å². The zero-order valence-electron chi connectivity index (χ0n) is 11.2. The van der Waals surface area contributed by atoms with Crippen molar-refractivity contribution >= 4 is 0 Å². The molecule has 0 saturated heterocycles. The molecular formula is C16H19NO. The van der Waals surface area contributed by atoms with Crippen LogP contribution in [-0.2, 0) is 6.54 Å². The van der Waals surface area contributed by atoms with Crippen LogP contribution < -0.4 is 10.1 Å². The Morgan fingerprint density at radius 1 is 1.00 bits per heavy atom. The first-order valence-corrected chi connectivity index (χ1v) is 6.17. The van der Waals surface area contributed by atoms with Crippen molar-refractivity contribution < 1.29 is 4.74 Å². The highest BCUT2D eigenvalue weighted by molar-refractivity contribution is 5.40. The van der Waals surface area contributed by atoms with Gasteiger partial charge in [0.05, 0.1) is 0 Å². The monoisotopic (exact) mass is 241 g/mol. The fraction of sp³-hybridized carbons (Fsp3) is 0.250. The fourth-order valence-electron chi connectivity index (χ4n) is 2.06. The van der Waals surface area contributed by atoms with Crippen molar-refractivity contribution in [2.75, 3.05) is 7.05 Å². The number of hydrogen-bond donors (Lipinski definition) is 1. The molecule has 0 bridgehead atoms. The van der Waals surface area contributed by atoms with Crippen molar-refractivity contribution in [2.45, 2.75) is 20.4 Å². The maximum absolute atomic E-state index is 5.98. The molecule has 94 valence electrons. The molecule has 0 amide bonds. The smallest absolute Gasteiger partial charge is 0.131 e. The van der Waals surface area contributed by atoms with Crippen LogP contribution in [-0.4, -0.2) is 7.05 Å². The zero-order chi connectivity index (χ0) is 13.0.